The van der Waals surface area contributed by atoms with E-state index in [2.05, 4.69) is 103 Å². The van der Waals surface area contributed by atoms with Crippen LogP contribution < -0.4 is 0 Å². The minimum absolute atomic E-state index is 0.596. The largest absolute Gasteiger partial charge is 0.344 e. The van der Waals surface area contributed by atoms with Gasteiger partial charge in [0.15, 0.2) is 0 Å². The van der Waals surface area contributed by atoms with Crippen molar-refractivity contribution in [3.05, 3.63) is 96.1 Å². The molecule has 30 heavy (non-hydrogen) atoms. The monoisotopic (exact) mass is 387 g/mol. The van der Waals surface area contributed by atoms with E-state index in [-0.39, 0.29) is 0 Å². The zero-order valence-electron chi connectivity index (χ0n) is 17.5. The van der Waals surface area contributed by atoms with Crippen LogP contribution in [0.15, 0.2) is 84.9 Å². The first-order valence-electron chi connectivity index (χ1n) is 10.9. The van der Waals surface area contributed by atoms with Crippen LogP contribution in [0.2, 0.25) is 0 Å². The first kappa shape index (κ1) is 17.5. The zero-order valence-corrected chi connectivity index (χ0v) is 17.5. The predicted octanol–water partition coefficient (Wildman–Crippen LogP) is 7.72. The molecule has 5 aromatic rings. The van der Waals surface area contributed by atoms with E-state index in [0.717, 1.165) is 6.42 Å². The smallest absolute Gasteiger partial charge is 0.0495 e. The summed E-state index contributed by atoms with van der Waals surface area (Å²) in [5, 5.41) is 2.68. The summed E-state index contributed by atoms with van der Waals surface area (Å²) in [6.45, 7) is 2.36. The normalized spacial score (nSPS) is 15.7. The second-order valence-electron chi connectivity index (χ2n) is 8.67. The summed E-state index contributed by atoms with van der Waals surface area (Å²) in [6, 6.07) is 31.6. The molecule has 1 atom stereocenters. The molecule has 0 saturated carbocycles. The Morgan fingerprint density at radius 3 is 2.43 bits per heavy atom. The molecule has 1 aromatic heterocycles. The molecule has 0 spiro atoms. The highest BCUT2D eigenvalue weighted by molar-refractivity contribution is 6.14. The molecular weight excluding hydrogens is 362 g/mol. The molecule has 4 aromatic carbocycles. The summed E-state index contributed by atoms with van der Waals surface area (Å²) in [6.07, 6.45) is 2.35. The average Bonchev–Trinajstić information content (AvgIpc) is 3.01. The molecule has 1 heterocycles. The number of hydrogen-bond acceptors (Lipinski definition) is 0. The van der Waals surface area contributed by atoms with E-state index in [9.17, 15) is 0 Å². The maximum absolute atomic E-state index is 2.43. The van der Waals surface area contributed by atoms with Gasteiger partial charge in [-0.3, -0.25) is 0 Å². The average molecular weight is 388 g/mol. The third-order valence-corrected chi connectivity index (χ3v) is 6.99. The van der Waals surface area contributed by atoms with Crippen molar-refractivity contribution in [2.75, 3.05) is 0 Å². The van der Waals surface area contributed by atoms with Gasteiger partial charge in [-0.15, -0.1) is 0 Å². The first-order valence-corrected chi connectivity index (χ1v) is 10.9. The van der Waals surface area contributed by atoms with E-state index < -0.39 is 0 Å². The lowest BCUT2D eigenvalue weighted by Gasteiger charge is -2.14. The SMILES string of the molecule is CC1CCc2ccc(-c3cccc4c3c3ccccc3n4C)cc2-c2ccccc21. The Morgan fingerprint density at radius 2 is 1.50 bits per heavy atom. The minimum Gasteiger partial charge on any atom is -0.344 e. The summed E-state index contributed by atoms with van der Waals surface area (Å²) in [5.41, 5.74) is 11.0. The highest BCUT2D eigenvalue weighted by atomic mass is 14.9. The molecule has 1 heteroatoms. The fourth-order valence-corrected chi connectivity index (χ4v) is 5.36. The molecule has 146 valence electrons. The molecule has 1 nitrogen and oxygen atoms in total. The maximum Gasteiger partial charge on any atom is 0.0495 e. The molecule has 0 radical (unpaired) electrons. The van der Waals surface area contributed by atoms with Crippen LogP contribution in [0.25, 0.3) is 44.1 Å². The number of hydrogen-bond donors (Lipinski definition) is 0. The number of rotatable bonds is 1. The third-order valence-electron chi connectivity index (χ3n) is 6.99. The van der Waals surface area contributed by atoms with Crippen LogP contribution in [0.4, 0.5) is 0 Å². The van der Waals surface area contributed by atoms with Crippen LogP contribution in [0.5, 0.6) is 0 Å². The number of para-hydroxylation sites is 1. The van der Waals surface area contributed by atoms with Crippen LogP contribution in [0.3, 0.4) is 0 Å². The van der Waals surface area contributed by atoms with Crippen molar-refractivity contribution in [3.63, 3.8) is 0 Å². The second-order valence-corrected chi connectivity index (χ2v) is 8.67. The highest BCUT2D eigenvalue weighted by Crippen LogP contribution is 2.42. The topological polar surface area (TPSA) is 4.93 Å². The summed E-state index contributed by atoms with van der Waals surface area (Å²) in [7, 11) is 2.17. The van der Waals surface area contributed by atoms with E-state index in [0.29, 0.717) is 5.92 Å². The zero-order chi connectivity index (χ0) is 20.2. The fraction of sp³-hybridized carbons (Fsp3) is 0.172. The standard InChI is InChI=1S/C29H25N/c1-19-14-15-20-16-17-21(18-26(20)24-9-4-3-8-22(19)24)23-11-7-13-28-29(23)25-10-5-6-12-27(25)30(28)2/h3-13,16-19H,14-15H2,1-2H3. The molecule has 0 amide bonds. The van der Waals surface area contributed by atoms with Crippen molar-refractivity contribution in [3.8, 4) is 22.3 Å². The molecule has 1 unspecified atom stereocenters. The molecular formula is C29H25N. The van der Waals surface area contributed by atoms with E-state index in [4.69, 9.17) is 0 Å². The van der Waals surface area contributed by atoms with E-state index in [1.807, 2.05) is 0 Å². The number of fused-ring (bicyclic) bond motifs is 6. The Bertz CT molecular complexity index is 1420. The lowest BCUT2D eigenvalue weighted by molar-refractivity contribution is 0.689. The Morgan fingerprint density at radius 1 is 0.733 bits per heavy atom. The van der Waals surface area contributed by atoms with Crippen molar-refractivity contribution in [2.24, 2.45) is 7.05 Å². The van der Waals surface area contributed by atoms with E-state index >= 15 is 0 Å². The predicted molar refractivity (Wildman–Crippen MR) is 128 cm³/mol. The van der Waals surface area contributed by atoms with Gasteiger partial charge < -0.3 is 4.57 Å². The molecule has 1 aliphatic carbocycles. The Kier molecular flexibility index (Phi) is 3.86. The molecule has 6 rings (SSSR count). The Labute approximate surface area is 177 Å². The fourth-order valence-electron chi connectivity index (χ4n) is 5.36. The van der Waals surface area contributed by atoms with Gasteiger partial charge in [0.25, 0.3) is 0 Å². The van der Waals surface area contributed by atoms with Crippen molar-refractivity contribution in [1.29, 1.82) is 0 Å². The summed E-state index contributed by atoms with van der Waals surface area (Å²) in [4.78, 5) is 0. The van der Waals surface area contributed by atoms with Gasteiger partial charge in [-0.25, -0.2) is 0 Å². The second kappa shape index (κ2) is 6.60. The first-order chi connectivity index (χ1) is 14.7. The Balaban J connectivity index is 1.64. The maximum atomic E-state index is 2.43. The summed E-state index contributed by atoms with van der Waals surface area (Å²) >= 11 is 0. The van der Waals surface area contributed by atoms with E-state index in [1.165, 1.54) is 61.6 Å². The van der Waals surface area contributed by atoms with Gasteiger partial charge in [-0.2, -0.15) is 0 Å². The number of benzene rings is 4. The molecule has 0 bridgehead atoms. The van der Waals surface area contributed by atoms with Crippen LogP contribution >= 0.6 is 0 Å². The van der Waals surface area contributed by atoms with Crippen LogP contribution in [0.1, 0.15) is 30.4 Å². The number of aromatic nitrogens is 1. The van der Waals surface area contributed by atoms with Crippen LogP contribution in [-0.4, -0.2) is 4.57 Å². The molecule has 1 aliphatic rings. The van der Waals surface area contributed by atoms with Crippen molar-refractivity contribution >= 4 is 21.8 Å². The van der Waals surface area contributed by atoms with Gasteiger partial charge in [-0.05, 0) is 70.3 Å². The van der Waals surface area contributed by atoms with Crippen molar-refractivity contribution in [2.45, 2.75) is 25.7 Å². The molecule has 0 aliphatic heterocycles. The van der Waals surface area contributed by atoms with Crippen molar-refractivity contribution < 1.29 is 0 Å². The van der Waals surface area contributed by atoms with Gasteiger partial charge in [-0.1, -0.05) is 73.7 Å². The van der Waals surface area contributed by atoms with Crippen LogP contribution in [-0.2, 0) is 13.5 Å². The molecule has 0 saturated heterocycles. The molecule has 0 fully saturated rings. The number of aryl methyl sites for hydroxylation is 2. The summed E-state index contributed by atoms with van der Waals surface area (Å²) < 4.78 is 2.31. The summed E-state index contributed by atoms with van der Waals surface area (Å²) in [5.74, 6) is 0.596. The van der Waals surface area contributed by atoms with Gasteiger partial charge in [0, 0.05) is 28.9 Å². The minimum atomic E-state index is 0.596. The van der Waals surface area contributed by atoms with Gasteiger partial charge in [0.2, 0.25) is 0 Å². The van der Waals surface area contributed by atoms with Gasteiger partial charge in [0.05, 0.1) is 0 Å². The van der Waals surface area contributed by atoms with E-state index in [1.54, 1.807) is 0 Å². The lowest BCUT2D eigenvalue weighted by Crippen LogP contribution is -1.93. The number of nitrogens with zero attached hydrogens (tertiary/aromatic N) is 1. The van der Waals surface area contributed by atoms with Gasteiger partial charge >= 0.3 is 0 Å². The van der Waals surface area contributed by atoms with Crippen molar-refractivity contribution in [1.82, 2.24) is 4.57 Å². The lowest BCUT2D eigenvalue weighted by atomic mass is 9.90. The van der Waals surface area contributed by atoms with Gasteiger partial charge in [0.1, 0.15) is 0 Å². The van der Waals surface area contributed by atoms with Crippen LogP contribution in [0, 0.1) is 0 Å². The Hall–Kier alpha value is -3.32. The highest BCUT2D eigenvalue weighted by Gasteiger charge is 2.20. The molecule has 0 N–H and O–H groups in total. The third kappa shape index (κ3) is 2.48. The quantitative estimate of drug-likeness (QED) is 0.277.